The lowest BCUT2D eigenvalue weighted by Gasteiger charge is -2.18. The summed E-state index contributed by atoms with van der Waals surface area (Å²) in [7, 11) is 0. The summed E-state index contributed by atoms with van der Waals surface area (Å²) in [5, 5.41) is 3.87. The van der Waals surface area contributed by atoms with Gasteiger partial charge < -0.3 is 10.2 Å². The zero-order valence-electron chi connectivity index (χ0n) is 12.5. The Hall–Kier alpha value is -1.75. The van der Waals surface area contributed by atoms with E-state index in [4.69, 9.17) is 34.8 Å². The average molecular weight is 384 g/mol. The smallest absolute Gasteiger partial charge is 0.257 e. The number of hydrogen-bond acceptors (Lipinski definition) is 2. The minimum Gasteiger partial charge on any atom is -0.322 e. The zero-order valence-corrected chi connectivity index (χ0v) is 14.8. The number of nitrogens with one attached hydrogen (secondary N) is 1. The highest BCUT2D eigenvalue weighted by Crippen LogP contribution is 2.32. The second-order valence-electron chi connectivity index (χ2n) is 5.39. The molecule has 0 aliphatic carbocycles. The topological polar surface area (TPSA) is 49.4 Å². The van der Waals surface area contributed by atoms with Crippen LogP contribution >= 0.6 is 34.8 Å². The Morgan fingerprint density at radius 2 is 1.83 bits per heavy atom. The quantitative estimate of drug-likeness (QED) is 0.808. The summed E-state index contributed by atoms with van der Waals surface area (Å²) < 4.78 is 0. The molecule has 124 valence electrons. The van der Waals surface area contributed by atoms with Gasteiger partial charge in [0.1, 0.15) is 0 Å². The fourth-order valence-corrected chi connectivity index (χ4v) is 3.36. The van der Waals surface area contributed by atoms with E-state index >= 15 is 0 Å². The van der Waals surface area contributed by atoms with Crippen LogP contribution in [0, 0.1) is 0 Å². The molecule has 1 saturated heterocycles. The molecule has 2 aromatic rings. The molecule has 0 unspecified atom stereocenters. The number of benzene rings is 2. The van der Waals surface area contributed by atoms with Crippen LogP contribution in [0.3, 0.4) is 0 Å². The molecule has 1 aliphatic heterocycles. The van der Waals surface area contributed by atoms with E-state index in [1.807, 2.05) is 0 Å². The molecule has 0 atom stereocenters. The molecule has 0 bridgehead atoms. The lowest BCUT2D eigenvalue weighted by molar-refractivity contribution is -0.117. The van der Waals surface area contributed by atoms with E-state index in [0.29, 0.717) is 39.9 Å². The number of halogens is 3. The second kappa shape index (κ2) is 7.01. The Balaban J connectivity index is 1.79. The Labute approximate surface area is 154 Å². The maximum Gasteiger partial charge on any atom is 0.257 e. The summed E-state index contributed by atoms with van der Waals surface area (Å²) in [6.45, 7) is 0.657. The van der Waals surface area contributed by atoms with Crippen molar-refractivity contribution in [2.24, 2.45) is 0 Å². The van der Waals surface area contributed by atoms with Gasteiger partial charge >= 0.3 is 0 Å². The highest BCUT2D eigenvalue weighted by atomic mass is 35.5. The fourth-order valence-electron chi connectivity index (χ4n) is 2.58. The van der Waals surface area contributed by atoms with Crippen LogP contribution in [0.2, 0.25) is 15.1 Å². The average Bonchev–Trinajstić information content (AvgIpc) is 2.93. The maximum atomic E-state index is 12.3. The van der Waals surface area contributed by atoms with Gasteiger partial charge in [-0.05, 0) is 42.8 Å². The molecule has 24 heavy (non-hydrogen) atoms. The largest absolute Gasteiger partial charge is 0.322 e. The zero-order chi connectivity index (χ0) is 17.3. The molecule has 2 amide bonds. The Morgan fingerprint density at radius 3 is 2.46 bits per heavy atom. The van der Waals surface area contributed by atoms with Gasteiger partial charge in [0.2, 0.25) is 5.91 Å². The number of anilines is 2. The summed E-state index contributed by atoms with van der Waals surface area (Å²) in [5.41, 5.74) is 1.49. The Kier molecular flexibility index (Phi) is 4.99. The highest BCUT2D eigenvalue weighted by molar-refractivity contribution is 6.37. The molecule has 1 fully saturated rings. The van der Waals surface area contributed by atoms with E-state index in [9.17, 15) is 9.59 Å². The van der Waals surface area contributed by atoms with Crippen LogP contribution in [0.15, 0.2) is 36.4 Å². The summed E-state index contributed by atoms with van der Waals surface area (Å²) in [5.74, 6) is -0.306. The number of amides is 2. The van der Waals surface area contributed by atoms with Crippen molar-refractivity contribution in [1.29, 1.82) is 0 Å². The number of rotatable bonds is 3. The molecule has 0 spiro atoms. The van der Waals surface area contributed by atoms with E-state index in [1.165, 1.54) is 6.07 Å². The first-order valence-corrected chi connectivity index (χ1v) is 8.45. The van der Waals surface area contributed by atoms with E-state index < -0.39 is 0 Å². The van der Waals surface area contributed by atoms with Crippen molar-refractivity contribution < 1.29 is 9.59 Å². The van der Waals surface area contributed by atoms with E-state index in [0.717, 1.165) is 6.42 Å². The lowest BCUT2D eigenvalue weighted by Crippen LogP contribution is -2.24. The fraction of sp³-hybridized carbons (Fsp3) is 0.176. The minimum absolute atomic E-state index is 0.0571. The van der Waals surface area contributed by atoms with Gasteiger partial charge in [0.15, 0.2) is 0 Å². The van der Waals surface area contributed by atoms with Crippen LogP contribution in [0.1, 0.15) is 23.2 Å². The first-order valence-electron chi connectivity index (χ1n) is 7.32. The van der Waals surface area contributed by atoms with Crippen LogP contribution in [-0.2, 0) is 4.79 Å². The summed E-state index contributed by atoms with van der Waals surface area (Å²) in [6, 6.07) is 9.70. The maximum absolute atomic E-state index is 12.3. The Bertz CT molecular complexity index is 823. The first-order chi connectivity index (χ1) is 11.5. The number of hydrogen-bond donors (Lipinski definition) is 1. The molecular formula is C17H13Cl3N2O2. The van der Waals surface area contributed by atoms with Crippen molar-refractivity contribution in [2.45, 2.75) is 12.8 Å². The number of nitrogens with zero attached hydrogens (tertiary/aromatic N) is 1. The molecule has 1 aliphatic rings. The monoisotopic (exact) mass is 382 g/mol. The predicted molar refractivity (Wildman–Crippen MR) is 97.5 cm³/mol. The first kappa shape index (κ1) is 17.1. The van der Waals surface area contributed by atoms with Crippen molar-refractivity contribution in [3.05, 3.63) is 57.0 Å². The molecule has 4 nitrogen and oxygen atoms in total. The van der Waals surface area contributed by atoms with Crippen LogP contribution < -0.4 is 10.2 Å². The van der Waals surface area contributed by atoms with Crippen molar-refractivity contribution in [3.8, 4) is 0 Å². The van der Waals surface area contributed by atoms with Gasteiger partial charge in [0.25, 0.3) is 5.91 Å². The van der Waals surface area contributed by atoms with Gasteiger partial charge in [-0.15, -0.1) is 0 Å². The molecule has 1 N–H and O–H groups in total. The summed E-state index contributed by atoms with van der Waals surface area (Å²) in [6.07, 6.45) is 1.35. The van der Waals surface area contributed by atoms with Gasteiger partial charge in [-0.3, -0.25) is 9.59 Å². The van der Waals surface area contributed by atoms with Crippen LogP contribution in [0.25, 0.3) is 0 Å². The van der Waals surface area contributed by atoms with Gasteiger partial charge in [0.05, 0.1) is 21.3 Å². The third kappa shape index (κ3) is 3.51. The van der Waals surface area contributed by atoms with Gasteiger partial charge in [-0.25, -0.2) is 0 Å². The summed E-state index contributed by atoms with van der Waals surface area (Å²) >= 11 is 18.1. The molecule has 1 heterocycles. The van der Waals surface area contributed by atoms with Crippen LogP contribution in [0.5, 0.6) is 0 Å². The highest BCUT2D eigenvalue weighted by Gasteiger charge is 2.23. The van der Waals surface area contributed by atoms with Crippen LogP contribution in [-0.4, -0.2) is 18.4 Å². The predicted octanol–water partition coefficient (Wildman–Crippen LogP) is 5.03. The van der Waals surface area contributed by atoms with E-state index in [1.54, 1.807) is 35.2 Å². The second-order valence-corrected chi connectivity index (χ2v) is 6.64. The van der Waals surface area contributed by atoms with Crippen LogP contribution in [0.4, 0.5) is 11.4 Å². The van der Waals surface area contributed by atoms with Crippen molar-refractivity contribution in [3.63, 3.8) is 0 Å². The van der Waals surface area contributed by atoms with Gasteiger partial charge in [0, 0.05) is 23.7 Å². The SMILES string of the molecule is O=C(Nc1ccc(N2CCCC2=O)c(Cl)c1)c1ccc(Cl)cc1Cl. The number of carbonyl (C=O) groups is 2. The van der Waals surface area contributed by atoms with Crippen molar-refractivity contribution in [1.82, 2.24) is 0 Å². The third-order valence-electron chi connectivity index (χ3n) is 3.75. The van der Waals surface area contributed by atoms with Crippen molar-refractivity contribution in [2.75, 3.05) is 16.8 Å². The van der Waals surface area contributed by atoms with Crippen molar-refractivity contribution >= 4 is 58.0 Å². The minimum atomic E-state index is -0.363. The summed E-state index contributed by atoms with van der Waals surface area (Å²) in [4.78, 5) is 25.8. The van der Waals surface area contributed by atoms with E-state index in [-0.39, 0.29) is 16.8 Å². The molecule has 0 aromatic heterocycles. The van der Waals surface area contributed by atoms with E-state index in [2.05, 4.69) is 5.32 Å². The molecule has 2 aromatic carbocycles. The molecule has 7 heteroatoms. The standard InChI is InChI=1S/C17H13Cl3N2O2/c18-10-3-5-12(13(19)8-10)17(24)21-11-4-6-15(14(20)9-11)22-7-1-2-16(22)23/h3-6,8-9H,1-2,7H2,(H,21,24). The molecular weight excluding hydrogens is 371 g/mol. The molecule has 3 rings (SSSR count). The third-order valence-corrected chi connectivity index (χ3v) is 4.60. The normalized spacial score (nSPS) is 14.1. The molecule has 0 radical (unpaired) electrons. The van der Waals surface area contributed by atoms with Gasteiger partial charge in [-0.1, -0.05) is 34.8 Å². The number of carbonyl (C=O) groups excluding carboxylic acids is 2. The van der Waals surface area contributed by atoms with Gasteiger partial charge in [-0.2, -0.15) is 0 Å². The lowest BCUT2D eigenvalue weighted by atomic mass is 10.2. The Morgan fingerprint density at radius 1 is 1.04 bits per heavy atom. The molecule has 0 saturated carbocycles.